The molecule has 11 heteroatoms. The SMILES string of the molecule is Cc1ccc(NC(=O)C(Sc2nnc(-c3ccc(F)cc3)n2N)c2ccccc2)c([N+](=O)[O-])c1. The van der Waals surface area contributed by atoms with Crippen LogP contribution in [-0.2, 0) is 4.79 Å². The Morgan fingerprint density at radius 1 is 1.12 bits per heavy atom. The van der Waals surface area contributed by atoms with Gasteiger partial charge in [-0.25, -0.2) is 9.07 Å². The normalized spacial score (nSPS) is 11.7. The molecule has 9 nitrogen and oxygen atoms in total. The van der Waals surface area contributed by atoms with Gasteiger partial charge >= 0.3 is 0 Å². The summed E-state index contributed by atoms with van der Waals surface area (Å²) in [4.78, 5) is 24.2. The lowest BCUT2D eigenvalue weighted by molar-refractivity contribution is -0.384. The maximum Gasteiger partial charge on any atom is 0.293 e. The van der Waals surface area contributed by atoms with Gasteiger partial charge in [0.15, 0.2) is 5.82 Å². The number of nitrogen functional groups attached to an aromatic ring is 1. The Balaban J connectivity index is 1.66. The van der Waals surface area contributed by atoms with E-state index in [9.17, 15) is 19.3 Å². The number of nitrogens with zero attached hydrogens (tertiary/aromatic N) is 4. The topological polar surface area (TPSA) is 129 Å². The predicted molar refractivity (Wildman–Crippen MR) is 127 cm³/mol. The number of aryl methyl sites for hydroxylation is 1. The van der Waals surface area contributed by atoms with E-state index in [2.05, 4.69) is 15.5 Å². The van der Waals surface area contributed by atoms with E-state index in [1.807, 2.05) is 6.07 Å². The van der Waals surface area contributed by atoms with Crippen molar-refractivity contribution in [2.75, 3.05) is 11.2 Å². The molecule has 1 amide bonds. The average molecular weight is 479 g/mol. The molecular formula is C23H19FN6O3S. The second kappa shape index (κ2) is 9.71. The second-order valence-electron chi connectivity index (χ2n) is 7.36. The van der Waals surface area contributed by atoms with E-state index in [1.54, 1.807) is 37.3 Å². The summed E-state index contributed by atoms with van der Waals surface area (Å²) in [7, 11) is 0. The number of amides is 1. The number of thioether (sulfide) groups is 1. The van der Waals surface area contributed by atoms with Crippen molar-refractivity contribution in [1.29, 1.82) is 0 Å². The minimum Gasteiger partial charge on any atom is -0.335 e. The lowest BCUT2D eigenvalue weighted by Crippen LogP contribution is -2.21. The average Bonchev–Trinajstić information content (AvgIpc) is 3.19. The molecule has 1 atom stereocenters. The third-order valence-electron chi connectivity index (χ3n) is 4.94. The minimum absolute atomic E-state index is 0.0864. The summed E-state index contributed by atoms with van der Waals surface area (Å²) in [6, 6.07) is 19.1. The van der Waals surface area contributed by atoms with E-state index in [4.69, 9.17) is 5.84 Å². The molecule has 0 bridgehead atoms. The predicted octanol–water partition coefficient (Wildman–Crippen LogP) is 4.49. The van der Waals surface area contributed by atoms with Crippen LogP contribution in [0.1, 0.15) is 16.4 Å². The number of carbonyl (C=O) groups is 1. The van der Waals surface area contributed by atoms with Gasteiger partial charge in [-0.05, 0) is 48.4 Å². The first-order chi connectivity index (χ1) is 16.3. The first-order valence-corrected chi connectivity index (χ1v) is 11.0. The van der Waals surface area contributed by atoms with Crippen LogP contribution in [0.25, 0.3) is 11.4 Å². The van der Waals surface area contributed by atoms with Gasteiger partial charge in [0.1, 0.15) is 16.8 Å². The molecular weight excluding hydrogens is 459 g/mol. The summed E-state index contributed by atoms with van der Waals surface area (Å²) in [5, 5.41) is 21.7. The van der Waals surface area contributed by atoms with Crippen molar-refractivity contribution >= 4 is 29.0 Å². The monoisotopic (exact) mass is 478 g/mol. The Morgan fingerprint density at radius 3 is 2.50 bits per heavy atom. The van der Waals surface area contributed by atoms with Crippen LogP contribution in [0.15, 0.2) is 78.0 Å². The van der Waals surface area contributed by atoms with Gasteiger partial charge in [0, 0.05) is 11.6 Å². The Labute approximate surface area is 197 Å². The molecule has 3 N–H and O–H groups in total. The number of halogens is 1. The van der Waals surface area contributed by atoms with Crippen LogP contribution in [0.2, 0.25) is 0 Å². The van der Waals surface area contributed by atoms with Crippen molar-refractivity contribution in [3.63, 3.8) is 0 Å². The molecule has 172 valence electrons. The highest BCUT2D eigenvalue weighted by molar-refractivity contribution is 8.00. The molecule has 3 aromatic carbocycles. The third-order valence-corrected chi connectivity index (χ3v) is 6.15. The first kappa shape index (κ1) is 22.9. The van der Waals surface area contributed by atoms with Crippen molar-refractivity contribution < 1.29 is 14.1 Å². The van der Waals surface area contributed by atoms with Crippen LogP contribution in [0, 0.1) is 22.9 Å². The van der Waals surface area contributed by atoms with Gasteiger partial charge in [0.2, 0.25) is 11.1 Å². The number of hydrogen-bond donors (Lipinski definition) is 2. The third kappa shape index (κ3) is 4.89. The molecule has 4 aromatic rings. The fraction of sp³-hybridized carbons (Fsp3) is 0.0870. The van der Waals surface area contributed by atoms with Gasteiger partial charge in [-0.15, -0.1) is 10.2 Å². The van der Waals surface area contributed by atoms with Crippen molar-refractivity contribution in [3.05, 3.63) is 99.9 Å². The Bertz CT molecular complexity index is 1340. The van der Waals surface area contributed by atoms with Crippen molar-refractivity contribution in [2.24, 2.45) is 0 Å². The highest BCUT2D eigenvalue weighted by atomic mass is 32.2. The van der Waals surface area contributed by atoms with E-state index >= 15 is 0 Å². The smallest absolute Gasteiger partial charge is 0.293 e. The quantitative estimate of drug-likeness (QED) is 0.173. The number of benzene rings is 3. The van der Waals surface area contributed by atoms with Gasteiger partial charge in [0.25, 0.3) is 5.69 Å². The second-order valence-corrected chi connectivity index (χ2v) is 8.43. The van der Waals surface area contributed by atoms with Crippen molar-refractivity contribution in [2.45, 2.75) is 17.3 Å². The molecule has 4 rings (SSSR count). The van der Waals surface area contributed by atoms with Crippen LogP contribution in [0.5, 0.6) is 0 Å². The van der Waals surface area contributed by atoms with Crippen LogP contribution in [0.4, 0.5) is 15.8 Å². The zero-order valence-electron chi connectivity index (χ0n) is 17.9. The van der Waals surface area contributed by atoms with Crippen LogP contribution >= 0.6 is 11.8 Å². The van der Waals surface area contributed by atoms with Gasteiger partial charge in [0.05, 0.1) is 4.92 Å². The maximum atomic E-state index is 13.3. The van der Waals surface area contributed by atoms with Crippen molar-refractivity contribution in [1.82, 2.24) is 14.9 Å². The van der Waals surface area contributed by atoms with E-state index in [1.165, 1.54) is 41.1 Å². The summed E-state index contributed by atoms with van der Waals surface area (Å²) in [6.07, 6.45) is 0. The lowest BCUT2D eigenvalue weighted by Gasteiger charge is -2.16. The van der Waals surface area contributed by atoms with E-state index in [-0.39, 0.29) is 16.5 Å². The van der Waals surface area contributed by atoms with E-state index in [0.29, 0.717) is 22.5 Å². The molecule has 1 heterocycles. The molecule has 0 saturated heterocycles. The number of nitrogens with two attached hydrogens (primary N) is 1. The van der Waals surface area contributed by atoms with Crippen LogP contribution in [-0.4, -0.2) is 25.7 Å². The number of aromatic nitrogens is 3. The molecule has 1 aromatic heterocycles. The zero-order chi connectivity index (χ0) is 24.2. The molecule has 0 spiro atoms. The molecule has 0 aliphatic carbocycles. The Morgan fingerprint density at radius 2 is 1.82 bits per heavy atom. The van der Waals surface area contributed by atoms with E-state index in [0.717, 1.165) is 11.8 Å². The number of anilines is 1. The van der Waals surface area contributed by atoms with Gasteiger partial charge < -0.3 is 11.2 Å². The highest BCUT2D eigenvalue weighted by Crippen LogP contribution is 2.37. The van der Waals surface area contributed by atoms with Gasteiger partial charge in [-0.1, -0.05) is 48.2 Å². The summed E-state index contributed by atoms with van der Waals surface area (Å²) >= 11 is 1.04. The molecule has 0 aliphatic rings. The van der Waals surface area contributed by atoms with E-state index < -0.39 is 21.9 Å². The highest BCUT2D eigenvalue weighted by Gasteiger charge is 2.27. The minimum atomic E-state index is -0.838. The molecule has 0 radical (unpaired) electrons. The summed E-state index contributed by atoms with van der Waals surface area (Å²) < 4.78 is 14.5. The molecule has 34 heavy (non-hydrogen) atoms. The lowest BCUT2D eigenvalue weighted by atomic mass is 10.1. The van der Waals surface area contributed by atoms with Crippen molar-refractivity contribution in [3.8, 4) is 11.4 Å². The number of rotatable bonds is 7. The number of nitro groups is 1. The number of carbonyl (C=O) groups excluding carboxylic acids is 1. The maximum absolute atomic E-state index is 13.3. The summed E-state index contributed by atoms with van der Waals surface area (Å²) in [5.74, 6) is 5.60. The molecule has 0 saturated carbocycles. The fourth-order valence-corrected chi connectivity index (χ4v) is 4.21. The largest absolute Gasteiger partial charge is 0.335 e. The standard InChI is InChI=1S/C23H19FN6O3S/c1-14-7-12-18(19(13-14)30(32)33)26-22(31)20(15-5-3-2-4-6-15)34-23-28-27-21(29(23)25)16-8-10-17(24)11-9-16/h2-13,20H,25H2,1H3,(H,26,31). The Hall–Kier alpha value is -4.25. The number of nitrogens with one attached hydrogen (secondary N) is 1. The first-order valence-electron chi connectivity index (χ1n) is 10.1. The fourth-order valence-electron chi connectivity index (χ4n) is 3.26. The molecule has 1 unspecified atom stereocenters. The van der Waals surface area contributed by atoms with Crippen LogP contribution in [0.3, 0.4) is 0 Å². The molecule has 0 aliphatic heterocycles. The van der Waals surface area contributed by atoms with Crippen LogP contribution < -0.4 is 11.2 Å². The summed E-state index contributed by atoms with van der Waals surface area (Å²) in [5.41, 5.74) is 1.78. The zero-order valence-corrected chi connectivity index (χ0v) is 18.7. The molecule has 0 fully saturated rings. The Kier molecular flexibility index (Phi) is 6.55. The number of nitro benzene ring substituents is 1. The van der Waals surface area contributed by atoms with Gasteiger partial charge in [-0.2, -0.15) is 0 Å². The van der Waals surface area contributed by atoms with Gasteiger partial charge in [-0.3, -0.25) is 14.9 Å². The number of hydrogen-bond acceptors (Lipinski definition) is 7. The summed E-state index contributed by atoms with van der Waals surface area (Å²) in [6.45, 7) is 1.73.